The molecule has 9 aromatic carbocycles. The van der Waals surface area contributed by atoms with E-state index < -0.39 is 5.41 Å². The molecule has 1 spiro atoms. The zero-order valence-corrected chi connectivity index (χ0v) is 38.9. The van der Waals surface area contributed by atoms with Crippen molar-refractivity contribution >= 4 is 28.4 Å². The van der Waals surface area contributed by atoms with Gasteiger partial charge in [0.15, 0.2) is 0 Å². The van der Waals surface area contributed by atoms with E-state index in [4.69, 9.17) is 0 Å². The normalized spacial score (nSPS) is 15.2. The van der Waals surface area contributed by atoms with E-state index in [2.05, 4.69) is 245 Å². The Bertz CT molecular complexity index is 3670. The second kappa shape index (κ2) is 13.8. The molecule has 0 fully saturated rings. The van der Waals surface area contributed by atoms with Crippen LogP contribution in [0.1, 0.15) is 71.5 Å². The van der Waals surface area contributed by atoms with Gasteiger partial charge in [0.25, 0.3) is 0 Å². The van der Waals surface area contributed by atoms with Crippen molar-refractivity contribution in [3.63, 3.8) is 0 Å². The number of nitrogens with zero attached hydrogens (tertiary/aromatic N) is 1. The first-order valence-electron chi connectivity index (χ1n) is 23.7. The molecule has 1 nitrogen and oxygen atoms in total. The van der Waals surface area contributed by atoms with Crippen LogP contribution < -0.4 is 4.90 Å². The summed E-state index contributed by atoms with van der Waals surface area (Å²) in [6, 6.07) is 80.4. The first kappa shape index (κ1) is 38.7. The van der Waals surface area contributed by atoms with Gasteiger partial charge in [-0.2, -0.15) is 0 Å². The van der Waals surface area contributed by atoms with Crippen molar-refractivity contribution < 1.29 is 0 Å². The lowest BCUT2D eigenvalue weighted by atomic mass is 9.74. The van der Waals surface area contributed by atoms with Gasteiger partial charge in [-0.05, 0) is 125 Å². The molecule has 0 unspecified atom stereocenters. The molecule has 67 heavy (non-hydrogen) atoms. The summed E-state index contributed by atoms with van der Waals surface area (Å²) in [5.74, 6) is 0. The molecule has 10 aromatic rings. The van der Waals surface area contributed by atoms with Crippen LogP contribution >= 0.6 is 11.3 Å². The van der Waals surface area contributed by atoms with Crippen molar-refractivity contribution in [1.82, 2.24) is 0 Å². The van der Waals surface area contributed by atoms with E-state index in [0.29, 0.717) is 0 Å². The minimum Gasteiger partial charge on any atom is -0.310 e. The third-order valence-corrected chi connectivity index (χ3v) is 17.2. The summed E-state index contributed by atoms with van der Waals surface area (Å²) in [6.07, 6.45) is 0. The third-order valence-electron chi connectivity index (χ3n) is 15.9. The summed E-state index contributed by atoms with van der Waals surface area (Å²) in [6.45, 7) is 9.50. The third kappa shape index (κ3) is 5.09. The first-order valence-corrected chi connectivity index (χ1v) is 24.5. The number of benzene rings is 9. The second-order valence-electron chi connectivity index (χ2n) is 19.9. The van der Waals surface area contributed by atoms with Gasteiger partial charge in [0.1, 0.15) is 0 Å². The lowest BCUT2D eigenvalue weighted by Gasteiger charge is -2.29. The first-order chi connectivity index (χ1) is 32.8. The van der Waals surface area contributed by atoms with E-state index in [9.17, 15) is 0 Å². The molecule has 1 aromatic heterocycles. The summed E-state index contributed by atoms with van der Waals surface area (Å²) in [5, 5.41) is 0. The van der Waals surface area contributed by atoms with E-state index in [1.54, 1.807) is 0 Å². The van der Waals surface area contributed by atoms with Gasteiger partial charge in [0.05, 0.1) is 5.41 Å². The minimum atomic E-state index is -0.418. The van der Waals surface area contributed by atoms with Crippen molar-refractivity contribution in [3.8, 4) is 66.1 Å². The second-order valence-corrected chi connectivity index (χ2v) is 21.0. The largest absolute Gasteiger partial charge is 0.310 e. The molecule has 0 N–H and O–H groups in total. The van der Waals surface area contributed by atoms with Gasteiger partial charge >= 0.3 is 0 Å². The fourth-order valence-electron chi connectivity index (χ4n) is 12.9. The fraction of sp³-hybridized carbons (Fsp3) is 0.108. The molecule has 14 rings (SSSR count). The molecule has 0 amide bonds. The highest BCUT2D eigenvalue weighted by Crippen LogP contribution is 2.68. The van der Waals surface area contributed by atoms with Crippen LogP contribution in [-0.2, 0) is 16.2 Å². The molecule has 0 atom stereocenters. The van der Waals surface area contributed by atoms with Crippen LogP contribution in [0.15, 0.2) is 212 Å². The smallest absolute Gasteiger partial charge is 0.0819 e. The van der Waals surface area contributed by atoms with E-state index >= 15 is 0 Å². The average Bonchev–Trinajstić information content (AvgIpc) is 4.11. The molecule has 4 aliphatic rings. The van der Waals surface area contributed by atoms with Crippen LogP contribution in [0.3, 0.4) is 0 Å². The summed E-state index contributed by atoms with van der Waals surface area (Å²) in [4.78, 5) is 5.23. The predicted octanol–water partition coefficient (Wildman–Crippen LogP) is 17.5. The van der Waals surface area contributed by atoms with Crippen LogP contribution in [0, 0.1) is 0 Å². The van der Waals surface area contributed by atoms with Crippen molar-refractivity contribution in [2.45, 2.75) is 43.9 Å². The predicted molar refractivity (Wildman–Crippen MR) is 281 cm³/mol. The maximum atomic E-state index is 2.52. The topological polar surface area (TPSA) is 3.24 Å². The van der Waals surface area contributed by atoms with Gasteiger partial charge in [0.2, 0.25) is 0 Å². The monoisotopic (exact) mass is 873 g/mol. The lowest BCUT2D eigenvalue weighted by molar-refractivity contribution is 0.660. The number of thiophene rings is 1. The van der Waals surface area contributed by atoms with E-state index in [0.717, 1.165) is 17.1 Å². The van der Waals surface area contributed by atoms with E-state index in [-0.39, 0.29) is 10.8 Å². The Hall–Kier alpha value is -7.52. The Labute approximate surface area is 397 Å². The molecule has 0 aliphatic heterocycles. The molecular formula is C65H47NS. The maximum absolute atomic E-state index is 2.52. The zero-order valence-electron chi connectivity index (χ0n) is 38.1. The Kier molecular flexibility index (Phi) is 7.95. The number of rotatable bonds is 5. The van der Waals surface area contributed by atoms with Crippen molar-refractivity contribution in [2.75, 3.05) is 4.90 Å². The minimum absolute atomic E-state index is 0.0836. The van der Waals surface area contributed by atoms with Crippen LogP contribution in [0.2, 0.25) is 0 Å². The van der Waals surface area contributed by atoms with E-state index in [1.807, 2.05) is 11.3 Å². The molecular weight excluding hydrogens is 827 g/mol. The van der Waals surface area contributed by atoms with Gasteiger partial charge in [0, 0.05) is 48.8 Å². The van der Waals surface area contributed by atoms with Crippen molar-refractivity contribution in [3.05, 3.63) is 256 Å². The molecule has 2 heteroatoms. The van der Waals surface area contributed by atoms with Gasteiger partial charge in [-0.15, -0.1) is 11.3 Å². The molecule has 0 radical (unpaired) electrons. The lowest BCUT2D eigenvalue weighted by Crippen LogP contribution is -2.24. The molecule has 4 aliphatic carbocycles. The SMILES string of the molecule is CC1(C)c2ccccc2-c2cc(N(c3cccc(-c4c(-c5ccccc5)sc5c4-c4ccccc4C54c5ccccc5-c5ccccc54)c3)c3ccc4c(c3)C(C)(C)c3ccccc3-4)ccc21. The summed E-state index contributed by atoms with van der Waals surface area (Å²) in [7, 11) is 0. The van der Waals surface area contributed by atoms with Crippen LogP contribution in [0.25, 0.3) is 66.1 Å². The molecule has 0 bridgehead atoms. The van der Waals surface area contributed by atoms with Crippen LogP contribution in [0.4, 0.5) is 17.1 Å². The van der Waals surface area contributed by atoms with Crippen LogP contribution in [0.5, 0.6) is 0 Å². The highest BCUT2D eigenvalue weighted by Gasteiger charge is 2.54. The Morgan fingerprint density at radius 2 is 0.761 bits per heavy atom. The van der Waals surface area contributed by atoms with Gasteiger partial charge in [-0.3, -0.25) is 0 Å². The van der Waals surface area contributed by atoms with Gasteiger partial charge in [-0.25, -0.2) is 0 Å². The number of fused-ring (bicyclic) bond motifs is 16. The standard InChI is InChI=1S/C65H47NS/c1-63(2)53-29-14-9-26-48(53)51-38-43(34-36-54(51)63)66(44-33-35-49-45-23-8-13-28-52(45)64(3,4)58(49)39-44)42-22-18-21-41(37-42)59-60-50-27-12-17-32-57(50)65(62(60)67-61(59)40-19-6-5-7-20-40)55-30-15-10-24-46(55)47-25-11-16-31-56(47)65/h5-39H,1-4H3. The highest BCUT2D eigenvalue weighted by atomic mass is 32.1. The number of hydrogen-bond donors (Lipinski definition) is 0. The van der Waals surface area contributed by atoms with Crippen molar-refractivity contribution in [2.24, 2.45) is 0 Å². The quantitative estimate of drug-likeness (QED) is 0.167. The average molecular weight is 874 g/mol. The molecule has 1 heterocycles. The summed E-state index contributed by atoms with van der Waals surface area (Å²) < 4.78 is 0. The molecule has 0 saturated heterocycles. The molecule has 318 valence electrons. The highest BCUT2D eigenvalue weighted by molar-refractivity contribution is 7.17. The Morgan fingerprint density at radius 1 is 0.313 bits per heavy atom. The number of anilines is 3. The Balaban J connectivity index is 1.02. The van der Waals surface area contributed by atoms with Crippen molar-refractivity contribution in [1.29, 1.82) is 0 Å². The number of hydrogen-bond acceptors (Lipinski definition) is 2. The summed E-state index contributed by atoms with van der Waals surface area (Å²) in [5.41, 5.74) is 26.8. The Morgan fingerprint density at radius 3 is 1.42 bits per heavy atom. The maximum Gasteiger partial charge on any atom is 0.0819 e. The van der Waals surface area contributed by atoms with Gasteiger partial charge < -0.3 is 4.90 Å². The van der Waals surface area contributed by atoms with Crippen LogP contribution in [-0.4, -0.2) is 0 Å². The zero-order chi connectivity index (χ0) is 44.8. The summed E-state index contributed by atoms with van der Waals surface area (Å²) >= 11 is 1.98. The fourth-order valence-corrected chi connectivity index (χ4v) is 14.4. The van der Waals surface area contributed by atoms with E-state index in [1.165, 1.54) is 110 Å². The molecule has 0 saturated carbocycles. The van der Waals surface area contributed by atoms with Gasteiger partial charge in [-0.1, -0.05) is 204 Å².